The van der Waals surface area contributed by atoms with Crippen LogP contribution in [0.1, 0.15) is 21.7 Å². The topological polar surface area (TPSA) is 68.3 Å². The Labute approximate surface area is 168 Å². The van der Waals surface area contributed by atoms with Gasteiger partial charge in [0.25, 0.3) is 5.91 Å². The molecular formula is C20H14BrClN2O3. The Balaban J connectivity index is 1.69. The molecule has 4 rings (SSSR count). The highest BCUT2D eigenvalue weighted by molar-refractivity contribution is 9.10. The lowest BCUT2D eigenvalue weighted by Gasteiger charge is -2.06. The smallest absolute Gasteiger partial charge is 0.291 e. The molecule has 1 amide bonds. The van der Waals surface area contributed by atoms with Crippen molar-refractivity contribution in [1.29, 1.82) is 0 Å². The van der Waals surface area contributed by atoms with Crippen molar-refractivity contribution in [2.24, 2.45) is 0 Å². The summed E-state index contributed by atoms with van der Waals surface area (Å²) >= 11 is 9.52. The standard InChI is InChI=1S/C20H14BrClN2O3/c1-10-7-15-17(8-11(10)2)27-20(24-15)13-9-12(3-4-14(13)22)23-19(25)16-5-6-18(21)26-16/h3-9H,1-2H3,(H,23,25). The SMILES string of the molecule is Cc1cc2nc(-c3cc(NC(=O)c4ccc(Br)o4)ccc3Cl)oc2cc1C. The molecule has 0 bridgehead atoms. The highest BCUT2D eigenvalue weighted by atomic mass is 79.9. The van der Waals surface area contributed by atoms with Crippen molar-refractivity contribution in [2.75, 3.05) is 5.32 Å². The first kappa shape index (κ1) is 17.8. The largest absolute Gasteiger partial charge is 0.444 e. The molecule has 2 aromatic carbocycles. The van der Waals surface area contributed by atoms with E-state index in [1.807, 2.05) is 26.0 Å². The zero-order valence-corrected chi connectivity index (χ0v) is 16.8. The molecule has 2 aromatic heterocycles. The van der Waals surface area contributed by atoms with Gasteiger partial charge in [-0.15, -0.1) is 0 Å². The van der Waals surface area contributed by atoms with Crippen molar-refractivity contribution in [3.8, 4) is 11.5 Å². The molecule has 0 spiro atoms. The Morgan fingerprint density at radius 3 is 2.59 bits per heavy atom. The third kappa shape index (κ3) is 3.50. The maximum atomic E-state index is 12.3. The number of fused-ring (bicyclic) bond motifs is 1. The molecule has 0 unspecified atom stereocenters. The quantitative estimate of drug-likeness (QED) is 0.398. The number of benzene rings is 2. The molecule has 0 aliphatic rings. The number of amides is 1. The summed E-state index contributed by atoms with van der Waals surface area (Å²) in [7, 11) is 0. The molecular weight excluding hydrogens is 432 g/mol. The first-order valence-corrected chi connectivity index (χ1v) is 9.32. The van der Waals surface area contributed by atoms with Gasteiger partial charge in [-0.2, -0.15) is 0 Å². The van der Waals surface area contributed by atoms with E-state index >= 15 is 0 Å². The molecule has 27 heavy (non-hydrogen) atoms. The molecule has 0 radical (unpaired) electrons. The van der Waals surface area contributed by atoms with Gasteiger partial charge >= 0.3 is 0 Å². The van der Waals surface area contributed by atoms with E-state index in [0.717, 1.165) is 16.6 Å². The predicted molar refractivity (Wildman–Crippen MR) is 108 cm³/mol. The number of nitrogens with zero attached hydrogens (tertiary/aromatic N) is 1. The molecule has 0 fully saturated rings. The van der Waals surface area contributed by atoms with E-state index in [4.69, 9.17) is 20.4 Å². The van der Waals surface area contributed by atoms with Crippen LogP contribution in [-0.4, -0.2) is 10.9 Å². The number of nitrogens with one attached hydrogen (secondary N) is 1. The predicted octanol–water partition coefficient (Wildman–Crippen LogP) is 6.37. The molecule has 0 aliphatic heterocycles. The van der Waals surface area contributed by atoms with Crippen LogP contribution in [-0.2, 0) is 0 Å². The number of hydrogen-bond acceptors (Lipinski definition) is 4. The number of aromatic nitrogens is 1. The van der Waals surface area contributed by atoms with Gasteiger partial charge in [-0.25, -0.2) is 4.98 Å². The second kappa shape index (κ2) is 6.87. The van der Waals surface area contributed by atoms with Gasteiger partial charge in [-0.3, -0.25) is 4.79 Å². The summed E-state index contributed by atoms with van der Waals surface area (Å²) in [4.78, 5) is 16.8. The Morgan fingerprint density at radius 2 is 1.85 bits per heavy atom. The molecule has 4 aromatic rings. The summed E-state index contributed by atoms with van der Waals surface area (Å²) in [6.07, 6.45) is 0. The third-order valence-corrected chi connectivity index (χ3v) is 5.01. The molecule has 7 heteroatoms. The fourth-order valence-corrected chi connectivity index (χ4v) is 3.20. The van der Waals surface area contributed by atoms with Crippen molar-refractivity contribution >= 4 is 50.2 Å². The molecule has 0 aliphatic carbocycles. The normalized spacial score (nSPS) is 11.1. The summed E-state index contributed by atoms with van der Waals surface area (Å²) in [5, 5.41) is 3.26. The second-order valence-electron chi connectivity index (χ2n) is 6.18. The average Bonchev–Trinajstić information content (AvgIpc) is 3.23. The van der Waals surface area contributed by atoms with Crippen LogP contribution in [0.4, 0.5) is 5.69 Å². The number of carbonyl (C=O) groups excluding carboxylic acids is 1. The van der Waals surface area contributed by atoms with Crippen LogP contribution in [0.5, 0.6) is 0 Å². The van der Waals surface area contributed by atoms with Gasteiger partial charge < -0.3 is 14.2 Å². The average molecular weight is 446 g/mol. The van der Waals surface area contributed by atoms with Crippen LogP contribution in [0, 0.1) is 13.8 Å². The van der Waals surface area contributed by atoms with Crippen LogP contribution in [0.2, 0.25) is 5.02 Å². The number of hydrogen-bond donors (Lipinski definition) is 1. The summed E-state index contributed by atoms with van der Waals surface area (Å²) in [6, 6.07) is 12.3. The number of oxazole rings is 1. The minimum absolute atomic E-state index is 0.200. The van der Waals surface area contributed by atoms with Crippen molar-refractivity contribution < 1.29 is 13.6 Å². The fraction of sp³-hybridized carbons (Fsp3) is 0.100. The number of halogens is 2. The van der Waals surface area contributed by atoms with Gasteiger partial charge in [-0.05, 0) is 83.4 Å². The minimum Gasteiger partial charge on any atom is -0.444 e. The van der Waals surface area contributed by atoms with E-state index in [1.165, 1.54) is 0 Å². The summed E-state index contributed by atoms with van der Waals surface area (Å²) in [6.45, 7) is 4.05. The zero-order valence-electron chi connectivity index (χ0n) is 14.5. The van der Waals surface area contributed by atoms with Crippen LogP contribution < -0.4 is 5.32 Å². The van der Waals surface area contributed by atoms with Crippen LogP contribution in [0.15, 0.2) is 56.0 Å². The first-order valence-electron chi connectivity index (χ1n) is 8.15. The highest BCUT2D eigenvalue weighted by Crippen LogP contribution is 2.33. The Morgan fingerprint density at radius 1 is 1.07 bits per heavy atom. The van der Waals surface area contributed by atoms with Gasteiger partial charge in [0.05, 0.1) is 10.6 Å². The number of carbonyl (C=O) groups is 1. The monoisotopic (exact) mass is 444 g/mol. The molecule has 136 valence electrons. The highest BCUT2D eigenvalue weighted by Gasteiger charge is 2.16. The van der Waals surface area contributed by atoms with E-state index in [0.29, 0.717) is 32.4 Å². The Bertz CT molecular complexity index is 1140. The Kier molecular flexibility index (Phi) is 4.53. The van der Waals surface area contributed by atoms with Crippen LogP contribution >= 0.6 is 27.5 Å². The maximum Gasteiger partial charge on any atom is 0.291 e. The number of furan rings is 1. The lowest BCUT2D eigenvalue weighted by molar-refractivity contribution is 0.0995. The van der Waals surface area contributed by atoms with Gasteiger partial charge in [0.2, 0.25) is 5.89 Å². The van der Waals surface area contributed by atoms with E-state index < -0.39 is 0 Å². The van der Waals surface area contributed by atoms with E-state index in [-0.39, 0.29) is 11.7 Å². The van der Waals surface area contributed by atoms with Crippen LogP contribution in [0.25, 0.3) is 22.6 Å². The van der Waals surface area contributed by atoms with Crippen molar-refractivity contribution in [1.82, 2.24) is 4.98 Å². The molecule has 5 nitrogen and oxygen atoms in total. The lowest BCUT2D eigenvalue weighted by Crippen LogP contribution is -2.10. The zero-order chi connectivity index (χ0) is 19.1. The molecule has 0 saturated heterocycles. The number of aryl methyl sites for hydroxylation is 2. The van der Waals surface area contributed by atoms with Crippen molar-refractivity contribution in [3.05, 3.63) is 69.0 Å². The molecule has 2 heterocycles. The van der Waals surface area contributed by atoms with Crippen LogP contribution in [0.3, 0.4) is 0 Å². The number of rotatable bonds is 3. The second-order valence-corrected chi connectivity index (χ2v) is 7.36. The lowest BCUT2D eigenvalue weighted by atomic mass is 10.1. The van der Waals surface area contributed by atoms with Gasteiger partial charge in [0, 0.05) is 5.69 Å². The van der Waals surface area contributed by atoms with Gasteiger partial charge in [-0.1, -0.05) is 11.6 Å². The summed E-state index contributed by atoms with van der Waals surface area (Å²) in [5.41, 5.74) is 4.88. The van der Waals surface area contributed by atoms with E-state index in [9.17, 15) is 4.79 Å². The summed E-state index contributed by atoms with van der Waals surface area (Å²) in [5.74, 6) is 0.237. The summed E-state index contributed by atoms with van der Waals surface area (Å²) < 4.78 is 11.6. The first-order chi connectivity index (χ1) is 12.9. The Hall–Kier alpha value is -2.57. The van der Waals surface area contributed by atoms with Gasteiger partial charge in [0.1, 0.15) is 5.52 Å². The maximum absolute atomic E-state index is 12.3. The third-order valence-electron chi connectivity index (χ3n) is 4.26. The van der Waals surface area contributed by atoms with E-state index in [2.05, 4.69) is 26.2 Å². The van der Waals surface area contributed by atoms with Gasteiger partial charge in [0.15, 0.2) is 16.0 Å². The number of anilines is 1. The minimum atomic E-state index is -0.363. The molecule has 1 N–H and O–H groups in total. The van der Waals surface area contributed by atoms with E-state index in [1.54, 1.807) is 30.3 Å². The molecule has 0 saturated carbocycles. The fourth-order valence-electron chi connectivity index (χ4n) is 2.69. The van der Waals surface area contributed by atoms with Crippen molar-refractivity contribution in [2.45, 2.75) is 13.8 Å². The molecule has 0 atom stereocenters. The van der Waals surface area contributed by atoms with Crippen molar-refractivity contribution in [3.63, 3.8) is 0 Å².